The Morgan fingerprint density at radius 1 is 1.29 bits per heavy atom. The van der Waals surface area contributed by atoms with Crippen LogP contribution in [0.1, 0.15) is 12.5 Å². The molecule has 0 bridgehead atoms. The van der Waals surface area contributed by atoms with Gasteiger partial charge in [0, 0.05) is 45.3 Å². The number of rotatable bonds is 6. The van der Waals surface area contributed by atoms with Crippen LogP contribution in [0.25, 0.3) is 0 Å². The van der Waals surface area contributed by atoms with E-state index in [1.807, 2.05) is 18.2 Å². The summed E-state index contributed by atoms with van der Waals surface area (Å²) in [6, 6.07) is 10.5. The van der Waals surface area contributed by atoms with E-state index in [2.05, 4.69) is 34.2 Å². The SMILES string of the molecule is CC(CN1CCOCC1)N(Cc1ccccc1)C(=O)C1CNC1.Cl. The molecule has 0 aliphatic carbocycles. The van der Waals surface area contributed by atoms with E-state index in [4.69, 9.17) is 4.74 Å². The zero-order valence-corrected chi connectivity index (χ0v) is 15.1. The van der Waals surface area contributed by atoms with Crippen molar-refractivity contribution in [2.75, 3.05) is 45.9 Å². The summed E-state index contributed by atoms with van der Waals surface area (Å²) in [4.78, 5) is 17.3. The second kappa shape index (κ2) is 9.37. The normalized spacial score (nSPS) is 19.9. The molecule has 1 N–H and O–H groups in total. The summed E-state index contributed by atoms with van der Waals surface area (Å²) < 4.78 is 5.42. The first-order chi connectivity index (χ1) is 11.2. The lowest BCUT2D eigenvalue weighted by Crippen LogP contribution is -2.55. The number of ether oxygens (including phenoxy) is 1. The predicted molar refractivity (Wildman–Crippen MR) is 97.3 cm³/mol. The molecule has 0 radical (unpaired) electrons. The summed E-state index contributed by atoms with van der Waals surface area (Å²) in [5, 5.41) is 3.21. The number of nitrogens with zero attached hydrogens (tertiary/aromatic N) is 2. The number of carbonyl (C=O) groups excluding carboxylic acids is 1. The van der Waals surface area contributed by atoms with Crippen molar-refractivity contribution >= 4 is 18.3 Å². The molecule has 1 atom stereocenters. The lowest BCUT2D eigenvalue weighted by molar-refractivity contribution is -0.140. The van der Waals surface area contributed by atoms with Gasteiger partial charge in [0.15, 0.2) is 0 Å². The lowest BCUT2D eigenvalue weighted by atomic mass is 10.00. The highest BCUT2D eigenvalue weighted by Crippen LogP contribution is 2.16. The Labute approximate surface area is 150 Å². The minimum Gasteiger partial charge on any atom is -0.379 e. The van der Waals surface area contributed by atoms with Gasteiger partial charge in [-0.05, 0) is 12.5 Å². The van der Waals surface area contributed by atoms with E-state index >= 15 is 0 Å². The van der Waals surface area contributed by atoms with E-state index in [9.17, 15) is 4.79 Å². The van der Waals surface area contributed by atoms with Gasteiger partial charge < -0.3 is 15.0 Å². The maximum absolute atomic E-state index is 12.9. The molecule has 134 valence electrons. The summed E-state index contributed by atoms with van der Waals surface area (Å²) in [6.07, 6.45) is 0. The van der Waals surface area contributed by atoms with E-state index < -0.39 is 0 Å². The Kier molecular flexibility index (Phi) is 7.49. The molecule has 0 saturated carbocycles. The fraction of sp³-hybridized carbons (Fsp3) is 0.611. The first kappa shape index (κ1) is 19.2. The molecule has 2 saturated heterocycles. The monoisotopic (exact) mass is 353 g/mol. The van der Waals surface area contributed by atoms with E-state index in [1.165, 1.54) is 5.56 Å². The second-order valence-corrected chi connectivity index (χ2v) is 6.57. The van der Waals surface area contributed by atoms with Gasteiger partial charge in [-0.15, -0.1) is 12.4 Å². The summed E-state index contributed by atoms with van der Waals surface area (Å²) in [7, 11) is 0. The number of halogens is 1. The van der Waals surface area contributed by atoms with Crippen LogP contribution < -0.4 is 5.32 Å². The predicted octanol–water partition coefficient (Wildman–Crippen LogP) is 1.38. The molecule has 1 aromatic rings. The molecule has 3 rings (SSSR count). The van der Waals surface area contributed by atoms with Crippen molar-refractivity contribution in [2.45, 2.75) is 19.5 Å². The third-order valence-corrected chi connectivity index (χ3v) is 4.77. The third-order valence-electron chi connectivity index (χ3n) is 4.77. The smallest absolute Gasteiger partial charge is 0.228 e. The molecule has 2 aliphatic rings. The number of carbonyl (C=O) groups is 1. The summed E-state index contributed by atoms with van der Waals surface area (Å²) in [5.74, 6) is 0.430. The zero-order valence-electron chi connectivity index (χ0n) is 14.3. The average Bonchev–Trinajstić information content (AvgIpc) is 2.52. The first-order valence-electron chi connectivity index (χ1n) is 8.59. The van der Waals surface area contributed by atoms with Crippen molar-refractivity contribution in [2.24, 2.45) is 5.92 Å². The summed E-state index contributed by atoms with van der Waals surface area (Å²) >= 11 is 0. The Balaban J connectivity index is 0.00000208. The molecule has 2 aliphatic heterocycles. The Bertz CT molecular complexity index is 504. The topological polar surface area (TPSA) is 44.8 Å². The van der Waals surface area contributed by atoms with Crippen LogP contribution in [0.4, 0.5) is 0 Å². The van der Waals surface area contributed by atoms with Crippen molar-refractivity contribution in [1.29, 1.82) is 0 Å². The Morgan fingerprint density at radius 3 is 2.54 bits per heavy atom. The van der Waals surface area contributed by atoms with Gasteiger partial charge in [0.25, 0.3) is 0 Å². The van der Waals surface area contributed by atoms with Crippen LogP contribution in [0.5, 0.6) is 0 Å². The van der Waals surface area contributed by atoms with Crippen LogP contribution in [0.3, 0.4) is 0 Å². The number of amides is 1. The molecule has 0 spiro atoms. The first-order valence-corrected chi connectivity index (χ1v) is 8.59. The van der Waals surface area contributed by atoms with Gasteiger partial charge >= 0.3 is 0 Å². The number of morpholine rings is 1. The quantitative estimate of drug-likeness (QED) is 0.839. The van der Waals surface area contributed by atoms with Crippen LogP contribution in [-0.4, -0.2) is 67.7 Å². The molecule has 2 heterocycles. The molecule has 6 heteroatoms. The standard InChI is InChI=1S/C18H27N3O2.ClH/c1-15(13-20-7-9-23-10-8-20)21(18(22)17-11-19-12-17)14-16-5-3-2-4-6-16;/h2-6,15,17,19H,7-14H2,1H3;1H. The maximum Gasteiger partial charge on any atom is 0.228 e. The highest BCUT2D eigenvalue weighted by atomic mass is 35.5. The van der Waals surface area contributed by atoms with Crippen molar-refractivity contribution in [1.82, 2.24) is 15.1 Å². The fourth-order valence-corrected chi connectivity index (χ4v) is 3.18. The van der Waals surface area contributed by atoms with Crippen LogP contribution in [0, 0.1) is 5.92 Å². The Morgan fingerprint density at radius 2 is 1.96 bits per heavy atom. The highest BCUT2D eigenvalue weighted by molar-refractivity contribution is 5.85. The molecule has 2 fully saturated rings. The van der Waals surface area contributed by atoms with Crippen LogP contribution in [-0.2, 0) is 16.1 Å². The minimum absolute atomic E-state index is 0. The van der Waals surface area contributed by atoms with Crippen LogP contribution in [0.2, 0.25) is 0 Å². The van der Waals surface area contributed by atoms with Gasteiger partial charge in [-0.3, -0.25) is 9.69 Å². The van der Waals surface area contributed by atoms with E-state index in [1.54, 1.807) is 0 Å². The van der Waals surface area contributed by atoms with E-state index in [0.29, 0.717) is 6.54 Å². The molecular weight excluding hydrogens is 326 g/mol. The van der Waals surface area contributed by atoms with Gasteiger partial charge in [-0.1, -0.05) is 30.3 Å². The number of hydrogen-bond acceptors (Lipinski definition) is 4. The zero-order chi connectivity index (χ0) is 16.1. The van der Waals surface area contributed by atoms with Gasteiger partial charge in [0.2, 0.25) is 5.91 Å². The van der Waals surface area contributed by atoms with Crippen molar-refractivity contribution < 1.29 is 9.53 Å². The van der Waals surface area contributed by atoms with Gasteiger partial charge in [-0.25, -0.2) is 0 Å². The molecule has 24 heavy (non-hydrogen) atoms. The summed E-state index contributed by atoms with van der Waals surface area (Å²) in [5.41, 5.74) is 1.20. The number of nitrogens with one attached hydrogen (secondary N) is 1. The Hall–Kier alpha value is -1.14. The van der Waals surface area contributed by atoms with Gasteiger partial charge in [0.05, 0.1) is 19.1 Å². The molecule has 1 aromatic carbocycles. The van der Waals surface area contributed by atoms with Crippen molar-refractivity contribution in [3.8, 4) is 0 Å². The van der Waals surface area contributed by atoms with E-state index in [0.717, 1.165) is 45.9 Å². The van der Waals surface area contributed by atoms with Crippen LogP contribution in [0.15, 0.2) is 30.3 Å². The molecule has 5 nitrogen and oxygen atoms in total. The van der Waals surface area contributed by atoms with Crippen LogP contribution >= 0.6 is 12.4 Å². The maximum atomic E-state index is 12.9. The third kappa shape index (κ3) is 4.93. The highest BCUT2D eigenvalue weighted by Gasteiger charge is 2.32. The fourth-order valence-electron chi connectivity index (χ4n) is 3.18. The van der Waals surface area contributed by atoms with Gasteiger partial charge in [0.1, 0.15) is 0 Å². The summed E-state index contributed by atoms with van der Waals surface area (Å²) in [6.45, 7) is 8.93. The number of hydrogen-bond donors (Lipinski definition) is 1. The van der Waals surface area contributed by atoms with Crippen molar-refractivity contribution in [3.63, 3.8) is 0 Å². The minimum atomic E-state index is 0. The molecule has 1 amide bonds. The lowest BCUT2D eigenvalue weighted by Gasteiger charge is -2.38. The van der Waals surface area contributed by atoms with Gasteiger partial charge in [-0.2, -0.15) is 0 Å². The molecule has 0 aromatic heterocycles. The largest absolute Gasteiger partial charge is 0.379 e. The second-order valence-electron chi connectivity index (χ2n) is 6.57. The molecular formula is C18H28ClN3O2. The van der Waals surface area contributed by atoms with Crippen molar-refractivity contribution in [3.05, 3.63) is 35.9 Å². The average molecular weight is 354 g/mol. The molecule has 1 unspecified atom stereocenters. The number of benzene rings is 1. The van der Waals surface area contributed by atoms with E-state index in [-0.39, 0.29) is 30.3 Å².